The third kappa shape index (κ3) is 2.73. The maximum Gasteiger partial charge on any atom is 0.251 e. The molecular weight excluding hydrogens is 268 g/mol. The Labute approximate surface area is 123 Å². The van der Waals surface area contributed by atoms with Crippen LogP contribution in [0, 0.1) is 0 Å². The summed E-state index contributed by atoms with van der Waals surface area (Å²) in [7, 11) is 2.12. The minimum Gasteiger partial charge on any atom is -0.367 e. The molecule has 2 aromatic rings. The quantitative estimate of drug-likeness (QED) is 0.866. The average molecular weight is 286 g/mol. The zero-order valence-corrected chi connectivity index (χ0v) is 11.9. The molecule has 1 aliphatic rings. The standard InChI is InChI=1S/C14H18N6O/c1-18-4-6-19(7-5-18)12-2-3-16-9-13(12)20-10-11(8-17-20)14(15)21/h2-3,8-10H,4-7H2,1H3,(H2,15,21). The maximum absolute atomic E-state index is 11.2. The molecule has 21 heavy (non-hydrogen) atoms. The smallest absolute Gasteiger partial charge is 0.251 e. The van der Waals surface area contributed by atoms with Crippen LogP contribution in [0.15, 0.2) is 30.9 Å². The Morgan fingerprint density at radius 2 is 1.95 bits per heavy atom. The van der Waals surface area contributed by atoms with Crippen molar-refractivity contribution in [1.82, 2.24) is 19.7 Å². The Morgan fingerprint density at radius 1 is 1.19 bits per heavy atom. The molecule has 1 fully saturated rings. The highest BCUT2D eigenvalue weighted by Gasteiger charge is 2.18. The molecular formula is C14H18N6O. The molecule has 7 heteroatoms. The van der Waals surface area contributed by atoms with Crippen LogP contribution in [-0.2, 0) is 0 Å². The normalized spacial score (nSPS) is 16.1. The highest BCUT2D eigenvalue weighted by molar-refractivity contribution is 5.92. The van der Waals surface area contributed by atoms with Gasteiger partial charge in [-0.1, -0.05) is 0 Å². The molecule has 0 aromatic carbocycles. The van der Waals surface area contributed by atoms with Gasteiger partial charge in [0.25, 0.3) is 5.91 Å². The van der Waals surface area contributed by atoms with Crippen molar-refractivity contribution in [1.29, 1.82) is 0 Å². The molecule has 0 spiro atoms. The lowest BCUT2D eigenvalue weighted by atomic mass is 10.2. The number of amides is 1. The van der Waals surface area contributed by atoms with E-state index in [1.54, 1.807) is 23.3 Å². The maximum atomic E-state index is 11.2. The van der Waals surface area contributed by atoms with E-state index in [1.807, 2.05) is 6.07 Å². The van der Waals surface area contributed by atoms with Crippen molar-refractivity contribution in [2.75, 3.05) is 38.1 Å². The molecule has 0 aliphatic carbocycles. The second kappa shape index (κ2) is 5.53. The summed E-state index contributed by atoms with van der Waals surface area (Å²) < 4.78 is 1.65. The van der Waals surface area contributed by atoms with Crippen LogP contribution in [0.5, 0.6) is 0 Å². The van der Waals surface area contributed by atoms with Crippen LogP contribution in [0.25, 0.3) is 5.69 Å². The van der Waals surface area contributed by atoms with Crippen LogP contribution in [-0.4, -0.2) is 58.8 Å². The lowest BCUT2D eigenvalue weighted by molar-refractivity contribution is 0.100. The minimum absolute atomic E-state index is 0.392. The fourth-order valence-electron chi connectivity index (χ4n) is 2.45. The molecule has 0 saturated carbocycles. The fourth-order valence-corrected chi connectivity index (χ4v) is 2.45. The van der Waals surface area contributed by atoms with Gasteiger partial charge in [0, 0.05) is 38.6 Å². The highest BCUT2D eigenvalue weighted by Crippen LogP contribution is 2.24. The molecule has 1 saturated heterocycles. The number of carbonyl (C=O) groups is 1. The van der Waals surface area contributed by atoms with Gasteiger partial charge in [-0.05, 0) is 13.1 Å². The summed E-state index contributed by atoms with van der Waals surface area (Å²) in [5, 5.41) is 4.22. The van der Waals surface area contributed by atoms with Crippen molar-refractivity contribution in [3.05, 3.63) is 36.4 Å². The molecule has 110 valence electrons. The highest BCUT2D eigenvalue weighted by atomic mass is 16.1. The van der Waals surface area contributed by atoms with E-state index in [0.29, 0.717) is 5.56 Å². The summed E-state index contributed by atoms with van der Waals surface area (Å²) in [6, 6.07) is 1.98. The lowest BCUT2D eigenvalue weighted by Gasteiger charge is -2.34. The van der Waals surface area contributed by atoms with E-state index in [4.69, 9.17) is 5.73 Å². The van der Waals surface area contributed by atoms with Crippen LogP contribution < -0.4 is 10.6 Å². The second-order valence-corrected chi connectivity index (χ2v) is 5.19. The summed E-state index contributed by atoms with van der Waals surface area (Å²) in [6.45, 7) is 3.95. The van der Waals surface area contributed by atoms with Crippen LogP contribution >= 0.6 is 0 Å². The predicted octanol–water partition coefficient (Wildman–Crippen LogP) is 0.118. The molecule has 2 N–H and O–H groups in total. The summed E-state index contributed by atoms with van der Waals surface area (Å²) >= 11 is 0. The average Bonchev–Trinajstić information content (AvgIpc) is 2.98. The van der Waals surface area contributed by atoms with Crippen LogP contribution in [0.2, 0.25) is 0 Å². The Bertz CT molecular complexity index is 644. The zero-order chi connectivity index (χ0) is 14.8. The molecule has 3 heterocycles. The summed E-state index contributed by atoms with van der Waals surface area (Å²) in [5.41, 5.74) is 7.59. The van der Waals surface area contributed by atoms with E-state index >= 15 is 0 Å². The van der Waals surface area contributed by atoms with Crippen LogP contribution in [0.3, 0.4) is 0 Å². The largest absolute Gasteiger partial charge is 0.367 e. The van der Waals surface area contributed by atoms with Gasteiger partial charge in [0.1, 0.15) is 5.69 Å². The number of nitrogens with two attached hydrogens (primary N) is 1. The van der Waals surface area contributed by atoms with Crippen molar-refractivity contribution in [2.45, 2.75) is 0 Å². The summed E-state index contributed by atoms with van der Waals surface area (Å²) in [6.07, 6.45) is 6.64. The topological polar surface area (TPSA) is 80.3 Å². The first-order valence-electron chi connectivity index (χ1n) is 6.87. The zero-order valence-electron chi connectivity index (χ0n) is 11.9. The van der Waals surface area contributed by atoms with E-state index in [9.17, 15) is 4.79 Å². The number of rotatable bonds is 3. The van der Waals surface area contributed by atoms with Crippen molar-refractivity contribution in [3.8, 4) is 5.69 Å². The number of nitrogens with zero attached hydrogens (tertiary/aromatic N) is 5. The third-order valence-electron chi connectivity index (χ3n) is 3.74. The van der Waals surface area contributed by atoms with E-state index in [0.717, 1.165) is 37.6 Å². The molecule has 3 rings (SSSR count). The predicted molar refractivity (Wildman–Crippen MR) is 79.6 cm³/mol. The van der Waals surface area contributed by atoms with Crippen molar-refractivity contribution < 1.29 is 4.79 Å². The summed E-state index contributed by atoms with van der Waals surface area (Å²) in [4.78, 5) is 20.0. The van der Waals surface area contributed by atoms with Crippen molar-refractivity contribution in [3.63, 3.8) is 0 Å². The minimum atomic E-state index is -0.480. The van der Waals surface area contributed by atoms with E-state index in [-0.39, 0.29) is 0 Å². The molecule has 1 aliphatic heterocycles. The van der Waals surface area contributed by atoms with E-state index in [2.05, 4.69) is 26.9 Å². The number of piperazine rings is 1. The van der Waals surface area contributed by atoms with Crippen LogP contribution in [0.1, 0.15) is 10.4 Å². The van der Waals surface area contributed by atoms with E-state index in [1.165, 1.54) is 6.20 Å². The molecule has 2 aromatic heterocycles. The molecule has 0 atom stereocenters. The van der Waals surface area contributed by atoms with Crippen molar-refractivity contribution in [2.24, 2.45) is 5.73 Å². The first kappa shape index (κ1) is 13.6. The van der Waals surface area contributed by atoms with Gasteiger partial charge in [-0.2, -0.15) is 5.10 Å². The number of likely N-dealkylation sites (N-methyl/N-ethyl adjacent to an activating group) is 1. The number of primary amides is 1. The van der Waals surface area contributed by atoms with Crippen LogP contribution in [0.4, 0.5) is 5.69 Å². The Balaban J connectivity index is 1.93. The van der Waals surface area contributed by atoms with E-state index < -0.39 is 5.91 Å². The Hall–Kier alpha value is -2.41. The van der Waals surface area contributed by atoms with Gasteiger partial charge >= 0.3 is 0 Å². The Kier molecular flexibility index (Phi) is 3.57. The molecule has 1 amide bonds. The monoisotopic (exact) mass is 286 g/mol. The first-order chi connectivity index (χ1) is 10.1. The van der Waals surface area contributed by atoms with Gasteiger partial charge in [0.2, 0.25) is 0 Å². The molecule has 0 radical (unpaired) electrons. The number of hydrogen-bond donors (Lipinski definition) is 1. The number of hydrogen-bond acceptors (Lipinski definition) is 5. The van der Waals surface area contributed by atoms with Gasteiger partial charge in [0.05, 0.1) is 23.6 Å². The van der Waals surface area contributed by atoms with Gasteiger partial charge in [-0.25, -0.2) is 4.68 Å². The Morgan fingerprint density at radius 3 is 2.62 bits per heavy atom. The van der Waals surface area contributed by atoms with Crippen molar-refractivity contribution >= 4 is 11.6 Å². The number of anilines is 1. The summed E-state index contributed by atoms with van der Waals surface area (Å²) in [5.74, 6) is -0.480. The molecule has 0 unspecified atom stereocenters. The SMILES string of the molecule is CN1CCN(c2ccncc2-n2cc(C(N)=O)cn2)CC1. The fraction of sp³-hybridized carbons (Fsp3) is 0.357. The van der Waals surface area contributed by atoms with Gasteiger partial charge in [0.15, 0.2) is 0 Å². The van der Waals surface area contributed by atoms with Gasteiger partial charge < -0.3 is 15.5 Å². The second-order valence-electron chi connectivity index (χ2n) is 5.19. The molecule has 7 nitrogen and oxygen atoms in total. The van der Waals surface area contributed by atoms with Gasteiger partial charge in [-0.15, -0.1) is 0 Å². The first-order valence-corrected chi connectivity index (χ1v) is 6.87. The molecule has 0 bridgehead atoms. The number of pyridine rings is 1. The number of aromatic nitrogens is 3. The number of carbonyl (C=O) groups excluding carboxylic acids is 1. The third-order valence-corrected chi connectivity index (χ3v) is 3.74. The van der Waals surface area contributed by atoms with Gasteiger partial charge in [-0.3, -0.25) is 9.78 Å². The lowest BCUT2D eigenvalue weighted by Crippen LogP contribution is -2.44.